The zero-order chi connectivity index (χ0) is 17.2. The monoisotopic (exact) mass is 317 g/mol. The van der Waals surface area contributed by atoms with Gasteiger partial charge in [-0.2, -0.15) is 0 Å². The zero-order valence-electron chi connectivity index (χ0n) is 14.6. The standard InChI is InChI=1S/C16H29O6/c1-7-8-13(11-20-15(18)22-16(4,5)6)21-14(17)19-10-9-12(2)3/h12H,7-11H2,1-6H3. The van der Waals surface area contributed by atoms with Crippen molar-refractivity contribution in [1.29, 1.82) is 0 Å². The molecular formula is C16H29O6. The predicted octanol–water partition coefficient (Wildman–Crippen LogP) is 4.47. The van der Waals surface area contributed by atoms with Crippen LogP contribution in [0.2, 0.25) is 0 Å². The van der Waals surface area contributed by atoms with Crippen LogP contribution in [-0.2, 0) is 18.9 Å². The van der Waals surface area contributed by atoms with E-state index in [2.05, 4.69) is 0 Å². The van der Waals surface area contributed by atoms with Crippen molar-refractivity contribution < 1.29 is 28.5 Å². The molecule has 0 heterocycles. The quantitative estimate of drug-likeness (QED) is 0.615. The van der Waals surface area contributed by atoms with Crippen LogP contribution in [0, 0.1) is 12.0 Å². The summed E-state index contributed by atoms with van der Waals surface area (Å²) >= 11 is 0. The second-order valence-electron chi connectivity index (χ2n) is 6.42. The lowest BCUT2D eigenvalue weighted by molar-refractivity contribution is -0.0193. The Morgan fingerprint density at radius 3 is 2.18 bits per heavy atom. The zero-order valence-corrected chi connectivity index (χ0v) is 14.6. The molecule has 6 nitrogen and oxygen atoms in total. The van der Waals surface area contributed by atoms with Gasteiger partial charge in [0, 0.05) is 0 Å². The van der Waals surface area contributed by atoms with Crippen molar-refractivity contribution in [3.05, 3.63) is 6.10 Å². The molecule has 0 atom stereocenters. The molecule has 0 aromatic carbocycles. The van der Waals surface area contributed by atoms with E-state index < -0.39 is 17.9 Å². The Morgan fingerprint density at radius 2 is 1.68 bits per heavy atom. The van der Waals surface area contributed by atoms with Crippen molar-refractivity contribution in [2.24, 2.45) is 5.92 Å². The molecule has 0 amide bonds. The van der Waals surface area contributed by atoms with Crippen molar-refractivity contribution >= 4 is 12.3 Å². The Labute approximate surface area is 133 Å². The molecular weight excluding hydrogens is 288 g/mol. The predicted molar refractivity (Wildman–Crippen MR) is 82.2 cm³/mol. The summed E-state index contributed by atoms with van der Waals surface area (Å²) in [6, 6.07) is 0. The molecule has 0 aromatic heterocycles. The number of hydrogen-bond donors (Lipinski definition) is 0. The molecule has 0 aliphatic carbocycles. The molecule has 0 aliphatic heterocycles. The van der Waals surface area contributed by atoms with E-state index in [1.807, 2.05) is 20.8 Å². The van der Waals surface area contributed by atoms with Gasteiger partial charge in [0.05, 0.1) is 6.61 Å². The largest absolute Gasteiger partial charge is 0.509 e. The third kappa shape index (κ3) is 12.3. The molecule has 0 bridgehead atoms. The highest BCUT2D eigenvalue weighted by Gasteiger charge is 2.22. The number of carbonyl (C=O) groups is 2. The van der Waals surface area contributed by atoms with Gasteiger partial charge in [0.25, 0.3) is 0 Å². The van der Waals surface area contributed by atoms with Gasteiger partial charge in [0.2, 0.25) is 0 Å². The van der Waals surface area contributed by atoms with Crippen LogP contribution >= 0.6 is 0 Å². The van der Waals surface area contributed by atoms with Crippen LogP contribution in [-0.4, -0.2) is 31.1 Å². The van der Waals surface area contributed by atoms with E-state index in [1.54, 1.807) is 20.8 Å². The molecule has 0 unspecified atom stereocenters. The summed E-state index contributed by atoms with van der Waals surface area (Å²) in [5, 5.41) is 0. The van der Waals surface area contributed by atoms with Crippen LogP contribution in [0.15, 0.2) is 0 Å². The molecule has 0 spiro atoms. The number of ether oxygens (including phenoxy) is 4. The molecule has 0 fully saturated rings. The highest BCUT2D eigenvalue weighted by atomic mass is 16.8. The lowest BCUT2D eigenvalue weighted by Crippen LogP contribution is -2.26. The lowest BCUT2D eigenvalue weighted by atomic mass is 10.1. The first kappa shape index (κ1) is 20.5. The normalized spacial score (nSPS) is 11.5. The average molecular weight is 317 g/mol. The van der Waals surface area contributed by atoms with Gasteiger partial charge in [0.1, 0.15) is 12.2 Å². The van der Waals surface area contributed by atoms with Crippen molar-refractivity contribution in [2.75, 3.05) is 13.2 Å². The van der Waals surface area contributed by atoms with E-state index in [4.69, 9.17) is 18.9 Å². The van der Waals surface area contributed by atoms with Crippen molar-refractivity contribution in [1.82, 2.24) is 0 Å². The maximum absolute atomic E-state index is 11.5. The lowest BCUT2D eigenvalue weighted by Gasteiger charge is -2.20. The second kappa shape index (κ2) is 10.3. The van der Waals surface area contributed by atoms with Crippen LogP contribution < -0.4 is 0 Å². The summed E-state index contributed by atoms with van der Waals surface area (Å²) < 4.78 is 20.0. The van der Waals surface area contributed by atoms with Crippen LogP contribution in [0.25, 0.3) is 0 Å². The Bertz CT molecular complexity index is 332. The van der Waals surface area contributed by atoms with Gasteiger partial charge in [-0.3, -0.25) is 0 Å². The van der Waals surface area contributed by atoms with Crippen LogP contribution in [0.4, 0.5) is 9.59 Å². The maximum Gasteiger partial charge on any atom is 0.509 e. The third-order valence-electron chi connectivity index (χ3n) is 2.41. The second-order valence-corrected chi connectivity index (χ2v) is 6.42. The summed E-state index contributed by atoms with van der Waals surface area (Å²) in [4.78, 5) is 23.0. The molecule has 0 rings (SSSR count). The third-order valence-corrected chi connectivity index (χ3v) is 2.41. The molecule has 22 heavy (non-hydrogen) atoms. The first-order valence-electron chi connectivity index (χ1n) is 7.69. The molecule has 1 radical (unpaired) electrons. The minimum atomic E-state index is -0.794. The molecule has 0 aliphatic rings. The van der Waals surface area contributed by atoms with E-state index >= 15 is 0 Å². The Balaban J connectivity index is 4.14. The Hall–Kier alpha value is -1.46. The van der Waals surface area contributed by atoms with Crippen molar-refractivity contribution in [3.63, 3.8) is 0 Å². The first-order valence-corrected chi connectivity index (χ1v) is 7.69. The minimum absolute atomic E-state index is 0.123. The van der Waals surface area contributed by atoms with E-state index in [0.717, 1.165) is 12.8 Å². The summed E-state index contributed by atoms with van der Waals surface area (Å²) in [5.41, 5.74) is -0.626. The highest BCUT2D eigenvalue weighted by Crippen LogP contribution is 2.15. The van der Waals surface area contributed by atoms with Crippen LogP contribution in [0.3, 0.4) is 0 Å². The number of rotatable bonds is 8. The van der Waals surface area contributed by atoms with Crippen LogP contribution in [0.1, 0.15) is 60.8 Å². The van der Waals surface area contributed by atoms with E-state index in [9.17, 15) is 9.59 Å². The Morgan fingerprint density at radius 1 is 1.05 bits per heavy atom. The molecule has 0 N–H and O–H groups in total. The smallest absolute Gasteiger partial charge is 0.434 e. The summed E-state index contributed by atoms with van der Waals surface area (Å²) in [5.74, 6) is 0.447. The first-order chi connectivity index (χ1) is 10.1. The highest BCUT2D eigenvalue weighted by molar-refractivity contribution is 5.62. The fourth-order valence-electron chi connectivity index (χ4n) is 1.38. The molecule has 0 saturated heterocycles. The summed E-state index contributed by atoms with van der Waals surface area (Å²) in [7, 11) is 0. The maximum atomic E-state index is 11.5. The number of carbonyl (C=O) groups excluding carboxylic acids is 2. The summed E-state index contributed by atoms with van der Waals surface area (Å²) in [6.45, 7) is 11.4. The number of hydrogen-bond acceptors (Lipinski definition) is 6. The van der Waals surface area contributed by atoms with Gasteiger partial charge in [-0.05, 0) is 39.5 Å². The van der Waals surface area contributed by atoms with E-state index in [1.165, 1.54) is 0 Å². The van der Waals surface area contributed by atoms with Gasteiger partial charge in [-0.1, -0.05) is 27.2 Å². The topological polar surface area (TPSA) is 71.1 Å². The van der Waals surface area contributed by atoms with Crippen molar-refractivity contribution in [2.45, 2.75) is 66.4 Å². The van der Waals surface area contributed by atoms with E-state index in [0.29, 0.717) is 25.0 Å². The molecule has 129 valence electrons. The van der Waals surface area contributed by atoms with Gasteiger partial charge in [0.15, 0.2) is 6.10 Å². The van der Waals surface area contributed by atoms with Gasteiger partial charge in [-0.15, -0.1) is 0 Å². The van der Waals surface area contributed by atoms with E-state index in [-0.39, 0.29) is 6.61 Å². The van der Waals surface area contributed by atoms with Crippen molar-refractivity contribution in [3.8, 4) is 0 Å². The fourth-order valence-corrected chi connectivity index (χ4v) is 1.38. The van der Waals surface area contributed by atoms with Gasteiger partial charge < -0.3 is 18.9 Å². The fraction of sp³-hybridized carbons (Fsp3) is 0.812. The van der Waals surface area contributed by atoms with Gasteiger partial charge in [-0.25, -0.2) is 9.59 Å². The SMILES string of the molecule is CCC[C](COC(=O)OC(C)(C)C)OC(=O)OCCC(C)C. The molecule has 0 saturated carbocycles. The summed E-state index contributed by atoms with van der Waals surface area (Å²) in [6.07, 6.45) is 0.818. The molecule has 0 aromatic rings. The Kier molecular flexibility index (Phi) is 9.61. The molecule has 6 heteroatoms. The van der Waals surface area contributed by atoms with Gasteiger partial charge >= 0.3 is 12.3 Å². The van der Waals surface area contributed by atoms with Crippen LogP contribution in [0.5, 0.6) is 0 Å². The minimum Gasteiger partial charge on any atom is -0.434 e. The average Bonchev–Trinajstić information content (AvgIpc) is 2.33.